The van der Waals surface area contributed by atoms with Gasteiger partial charge in [0.1, 0.15) is 6.10 Å². The Labute approximate surface area is 125 Å². The standard InChI is InChI=1S/C15H26N2O4/c1-2-20-13-9-12(18)15(13)3-6-17(7-4-15)14(19)11-10-16-5-8-21-11/h11-13,16,18H,2-10H2,1H3/t11-,12+,13-/m1/s1. The number of hydrogen-bond acceptors (Lipinski definition) is 5. The number of carbonyl (C=O) groups is 1. The van der Waals surface area contributed by atoms with Crippen molar-refractivity contribution in [3.05, 3.63) is 0 Å². The van der Waals surface area contributed by atoms with Crippen molar-refractivity contribution < 1.29 is 19.4 Å². The molecule has 120 valence electrons. The van der Waals surface area contributed by atoms with E-state index in [2.05, 4.69) is 5.32 Å². The second-order valence-corrected chi connectivity index (χ2v) is 6.32. The normalized spacial score (nSPS) is 35.5. The Morgan fingerprint density at radius 2 is 2.24 bits per heavy atom. The Balaban J connectivity index is 1.56. The molecule has 2 saturated heterocycles. The van der Waals surface area contributed by atoms with E-state index in [0.717, 1.165) is 25.8 Å². The first kappa shape index (κ1) is 15.2. The number of carbonyl (C=O) groups excluding carboxylic acids is 1. The number of ether oxygens (including phenoxy) is 2. The highest BCUT2D eigenvalue weighted by atomic mass is 16.5. The molecule has 3 rings (SSSR count). The monoisotopic (exact) mass is 298 g/mol. The van der Waals surface area contributed by atoms with Crippen LogP contribution in [0.1, 0.15) is 26.2 Å². The summed E-state index contributed by atoms with van der Waals surface area (Å²) in [7, 11) is 0. The van der Waals surface area contributed by atoms with Crippen molar-refractivity contribution in [2.24, 2.45) is 5.41 Å². The summed E-state index contributed by atoms with van der Waals surface area (Å²) in [4.78, 5) is 14.3. The van der Waals surface area contributed by atoms with Gasteiger partial charge in [-0.25, -0.2) is 0 Å². The van der Waals surface area contributed by atoms with E-state index in [0.29, 0.717) is 32.8 Å². The number of hydrogen-bond donors (Lipinski definition) is 2. The molecule has 1 aliphatic carbocycles. The summed E-state index contributed by atoms with van der Waals surface area (Å²) in [5.74, 6) is 0.0822. The molecule has 1 amide bonds. The molecule has 21 heavy (non-hydrogen) atoms. The molecule has 3 aliphatic rings. The molecular formula is C15H26N2O4. The van der Waals surface area contributed by atoms with Gasteiger partial charge in [0.15, 0.2) is 0 Å². The molecule has 6 nitrogen and oxygen atoms in total. The average molecular weight is 298 g/mol. The molecular weight excluding hydrogens is 272 g/mol. The van der Waals surface area contributed by atoms with Crippen LogP contribution in [0, 0.1) is 5.41 Å². The van der Waals surface area contributed by atoms with Crippen molar-refractivity contribution in [1.82, 2.24) is 10.2 Å². The quantitative estimate of drug-likeness (QED) is 0.752. The molecule has 2 N–H and O–H groups in total. The van der Waals surface area contributed by atoms with Crippen LogP contribution in [0.2, 0.25) is 0 Å². The van der Waals surface area contributed by atoms with Crippen molar-refractivity contribution in [2.75, 3.05) is 39.4 Å². The second kappa shape index (κ2) is 6.20. The van der Waals surface area contributed by atoms with Crippen molar-refractivity contribution in [3.63, 3.8) is 0 Å². The summed E-state index contributed by atoms with van der Waals surface area (Å²) in [6, 6.07) is 0. The molecule has 0 aromatic heterocycles. The highest BCUT2D eigenvalue weighted by Gasteiger charge is 2.56. The molecule has 3 atom stereocenters. The molecule has 0 aromatic carbocycles. The lowest BCUT2D eigenvalue weighted by molar-refractivity contribution is -0.211. The fraction of sp³-hybridized carbons (Fsp3) is 0.933. The first-order valence-corrected chi connectivity index (χ1v) is 8.08. The van der Waals surface area contributed by atoms with E-state index in [9.17, 15) is 9.90 Å². The molecule has 0 aromatic rings. The number of aliphatic hydroxyl groups excluding tert-OH is 1. The topological polar surface area (TPSA) is 71.0 Å². The lowest BCUT2D eigenvalue weighted by Gasteiger charge is -2.56. The van der Waals surface area contributed by atoms with Gasteiger partial charge in [-0.05, 0) is 19.8 Å². The van der Waals surface area contributed by atoms with Gasteiger partial charge >= 0.3 is 0 Å². The van der Waals surface area contributed by atoms with Crippen LogP contribution in [-0.2, 0) is 14.3 Å². The molecule has 1 spiro atoms. The maximum Gasteiger partial charge on any atom is 0.253 e. The van der Waals surface area contributed by atoms with Gasteiger partial charge in [-0.1, -0.05) is 0 Å². The largest absolute Gasteiger partial charge is 0.392 e. The molecule has 0 unspecified atom stereocenters. The van der Waals surface area contributed by atoms with Gasteiger partial charge in [-0.3, -0.25) is 4.79 Å². The first-order valence-electron chi connectivity index (χ1n) is 8.08. The summed E-state index contributed by atoms with van der Waals surface area (Å²) in [5.41, 5.74) is -0.127. The van der Waals surface area contributed by atoms with Crippen LogP contribution in [0.15, 0.2) is 0 Å². The minimum Gasteiger partial charge on any atom is -0.392 e. The number of amides is 1. The van der Waals surface area contributed by atoms with E-state index in [1.807, 2.05) is 11.8 Å². The van der Waals surface area contributed by atoms with Crippen LogP contribution in [0.4, 0.5) is 0 Å². The van der Waals surface area contributed by atoms with Crippen molar-refractivity contribution in [2.45, 2.75) is 44.5 Å². The second-order valence-electron chi connectivity index (χ2n) is 6.32. The Kier molecular flexibility index (Phi) is 4.49. The SMILES string of the molecule is CCO[C@@H]1C[C@H](O)C12CCN(C(=O)[C@H]1CNCCO1)CC2. The van der Waals surface area contributed by atoms with Crippen molar-refractivity contribution >= 4 is 5.91 Å². The number of piperidine rings is 1. The van der Waals surface area contributed by atoms with Gasteiger partial charge in [0.25, 0.3) is 5.91 Å². The number of nitrogens with zero attached hydrogens (tertiary/aromatic N) is 1. The van der Waals surface area contributed by atoms with Gasteiger partial charge in [0.2, 0.25) is 0 Å². The molecule has 0 bridgehead atoms. The minimum atomic E-state index is -0.346. The Morgan fingerprint density at radius 1 is 1.48 bits per heavy atom. The Morgan fingerprint density at radius 3 is 2.81 bits per heavy atom. The maximum absolute atomic E-state index is 12.4. The molecule has 6 heteroatoms. The summed E-state index contributed by atoms with van der Waals surface area (Å²) in [6.45, 7) is 6.07. The van der Waals surface area contributed by atoms with Crippen LogP contribution in [-0.4, -0.2) is 73.6 Å². The fourth-order valence-electron chi connectivity index (χ4n) is 3.89. The van der Waals surface area contributed by atoms with Crippen LogP contribution >= 0.6 is 0 Å². The van der Waals surface area contributed by atoms with Crippen molar-refractivity contribution in [3.8, 4) is 0 Å². The van der Waals surface area contributed by atoms with E-state index < -0.39 is 0 Å². The summed E-state index contributed by atoms with van der Waals surface area (Å²) in [5, 5.41) is 13.4. The van der Waals surface area contributed by atoms with Gasteiger partial charge in [0, 0.05) is 44.6 Å². The van der Waals surface area contributed by atoms with Gasteiger partial charge in [-0.2, -0.15) is 0 Å². The maximum atomic E-state index is 12.4. The van der Waals surface area contributed by atoms with Crippen LogP contribution in [0.3, 0.4) is 0 Å². The molecule has 0 radical (unpaired) electrons. The number of nitrogens with one attached hydrogen (secondary N) is 1. The number of aliphatic hydroxyl groups is 1. The third-order valence-corrected chi connectivity index (χ3v) is 5.32. The zero-order valence-corrected chi connectivity index (χ0v) is 12.7. The Bertz CT molecular complexity index is 374. The predicted octanol–water partition coefficient (Wildman–Crippen LogP) is -0.247. The highest BCUT2D eigenvalue weighted by molar-refractivity contribution is 5.81. The number of morpholine rings is 1. The summed E-state index contributed by atoms with van der Waals surface area (Å²) < 4.78 is 11.3. The van der Waals surface area contributed by atoms with E-state index in [-0.39, 0.29) is 29.6 Å². The first-order chi connectivity index (χ1) is 10.2. The lowest BCUT2D eigenvalue weighted by atomic mass is 9.58. The third-order valence-electron chi connectivity index (χ3n) is 5.32. The predicted molar refractivity (Wildman–Crippen MR) is 76.9 cm³/mol. The smallest absolute Gasteiger partial charge is 0.253 e. The van der Waals surface area contributed by atoms with E-state index in [1.54, 1.807) is 0 Å². The number of rotatable bonds is 3. The van der Waals surface area contributed by atoms with Gasteiger partial charge in [0.05, 0.1) is 18.8 Å². The third kappa shape index (κ3) is 2.70. The zero-order chi connectivity index (χ0) is 14.9. The average Bonchev–Trinajstić information content (AvgIpc) is 2.55. The van der Waals surface area contributed by atoms with Crippen molar-refractivity contribution in [1.29, 1.82) is 0 Å². The molecule has 2 aliphatic heterocycles. The highest BCUT2D eigenvalue weighted by Crippen LogP contribution is 2.50. The summed E-state index contributed by atoms with van der Waals surface area (Å²) >= 11 is 0. The minimum absolute atomic E-state index is 0.0822. The zero-order valence-electron chi connectivity index (χ0n) is 12.7. The van der Waals surface area contributed by atoms with Crippen LogP contribution in [0.5, 0.6) is 0 Å². The van der Waals surface area contributed by atoms with E-state index in [1.165, 1.54) is 0 Å². The molecule has 3 fully saturated rings. The molecule has 2 heterocycles. The van der Waals surface area contributed by atoms with Crippen LogP contribution in [0.25, 0.3) is 0 Å². The van der Waals surface area contributed by atoms with Crippen LogP contribution < -0.4 is 5.32 Å². The van der Waals surface area contributed by atoms with E-state index >= 15 is 0 Å². The van der Waals surface area contributed by atoms with Gasteiger partial charge < -0.3 is 24.8 Å². The molecule has 1 saturated carbocycles. The van der Waals surface area contributed by atoms with Gasteiger partial charge in [-0.15, -0.1) is 0 Å². The summed E-state index contributed by atoms with van der Waals surface area (Å²) in [6.07, 6.45) is 1.91. The lowest BCUT2D eigenvalue weighted by Crippen LogP contribution is -2.63. The Hall–Kier alpha value is -0.690. The number of likely N-dealkylation sites (tertiary alicyclic amines) is 1. The van der Waals surface area contributed by atoms with E-state index in [4.69, 9.17) is 9.47 Å². The fourth-order valence-corrected chi connectivity index (χ4v) is 3.89.